The molecule has 1 aliphatic rings. The highest BCUT2D eigenvalue weighted by atomic mass is 19.1. The first-order valence-corrected chi connectivity index (χ1v) is 6.10. The van der Waals surface area contributed by atoms with Gasteiger partial charge in [0.25, 0.3) is 5.56 Å². The quantitative estimate of drug-likeness (QED) is 0.829. The third-order valence-corrected chi connectivity index (χ3v) is 3.33. The second kappa shape index (κ2) is 4.83. The molecule has 0 saturated carbocycles. The molecule has 3 rings (SSSR count). The molecule has 0 spiro atoms. The van der Waals surface area contributed by atoms with E-state index in [0.717, 1.165) is 6.33 Å². The second-order valence-electron chi connectivity index (χ2n) is 4.56. The summed E-state index contributed by atoms with van der Waals surface area (Å²) in [6, 6.07) is 7.54. The smallest absolute Gasteiger partial charge is 0.258 e. The van der Waals surface area contributed by atoms with E-state index >= 15 is 0 Å². The summed E-state index contributed by atoms with van der Waals surface area (Å²) in [5.74, 6) is -2.62. The largest absolute Gasteiger partial charge is 0.423 e. The van der Waals surface area contributed by atoms with E-state index in [1.165, 1.54) is 18.2 Å². The summed E-state index contributed by atoms with van der Waals surface area (Å²) < 4.78 is 18.6. The minimum Gasteiger partial charge on any atom is -0.423 e. The number of halogens is 1. The molecule has 2 atom stereocenters. The number of hydrogen-bond donors (Lipinski definition) is 2. The number of rotatable bonds is 1. The van der Waals surface area contributed by atoms with Crippen molar-refractivity contribution < 1.29 is 9.13 Å². The Bertz CT molecular complexity index is 824. The maximum atomic E-state index is 13.5. The number of benzene rings is 1. The topological polar surface area (TPSA) is 103 Å². The van der Waals surface area contributed by atoms with E-state index < -0.39 is 23.2 Å². The van der Waals surface area contributed by atoms with Crippen LogP contribution in [0.1, 0.15) is 17.0 Å². The maximum Gasteiger partial charge on any atom is 0.258 e. The van der Waals surface area contributed by atoms with Crippen LogP contribution >= 0.6 is 0 Å². The van der Waals surface area contributed by atoms with Gasteiger partial charge in [0, 0.05) is 5.92 Å². The van der Waals surface area contributed by atoms with E-state index in [2.05, 4.69) is 9.97 Å². The molecule has 2 N–H and O–H groups in total. The number of ether oxygens (including phenoxy) is 1. The first-order valence-electron chi connectivity index (χ1n) is 6.10. The molecular weight excluding hydrogens is 275 g/mol. The molecule has 1 aromatic heterocycles. The Morgan fingerprint density at radius 2 is 2.29 bits per heavy atom. The van der Waals surface area contributed by atoms with E-state index in [0.29, 0.717) is 5.56 Å². The Labute approximate surface area is 118 Å². The monoisotopic (exact) mass is 284 g/mol. The van der Waals surface area contributed by atoms with Gasteiger partial charge in [-0.05, 0) is 17.7 Å². The van der Waals surface area contributed by atoms with Crippen LogP contribution in [0.2, 0.25) is 0 Å². The van der Waals surface area contributed by atoms with Crippen molar-refractivity contribution in [3.8, 4) is 11.9 Å². The molecule has 0 radical (unpaired) electrons. The Balaban J connectivity index is 2.28. The molecule has 2 unspecified atom stereocenters. The number of aromatic amines is 1. The molecule has 0 saturated heterocycles. The van der Waals surface area contributed by atoms with E-state index in [-0.39, 0.29) is 17.3 Å². The van der Waals surface area contributed by atoms with Gasteiger partial charge >= 0.3 is 0 Å². The molecule has 0 amide bonds. The minimum absolute atomic E-state index is 0.0236. The van der Waals surface area contributed by atoms with Crippen molar-refractivity contribution in [2.45, 2.75) is 5.92 Å². The lowest BCUT2D eigenvalue weighted by Gasteiger charge is -2.28. The Hall–Kier alpha value is -3.01. The van der Waals surface area contributed by atoms with E-state index in [1.807, 2.05) is 6.07 Å². The lowest BCUT2D eigenvalue weighted by atomic mass is 9.80. The maximum absolute atomic E-state index is 13.5. The molecule has 21 heavy (non-hydrogen) atoms. The van der Waals surface area contributed by atoms with Gasteiger partial charge in [-0.3, -0.25) is 10.2 Å². The summed E-state index contributed by atoms with van der Waals surface area (Å²) in [5.41, 5.74) is 0.0852. The molecule has 104 valence electrons. The van der Waals surface area contributed by atoms with Crippen molar-refractivity contribution in [1.82, 2.24) is 9.97 Å². The van der Waals surface area contributed by atoms with Crippen molar-refractivity contribution in [2.24, 2.45) is 5.92 Å². The SMILES string of the molecule is N#CC1C(=N)Oc2nc[nH]c(=O)c2C1c1cccc(F)c1. The molecule has 0 fully saturated rings. The number of nitrogens with zero attached hydrogens (tertiary/aromatic N) is 2. The second-order valence-corrected chi connectivity index (χ2v) is 4.56. The molecule has 2 aromatic rings. The predicted molar refractivity (Wildman–Crippen MR) is 70.6 cm³/mol. The summed E-state index contributed by atoms with van der Waals surface area (Å²) in [4.78, 5) is 18.3. The van der Waals surface area contributed by atoms with Crippen molar-refractivity contribution in [2.75, 3.05) is 0 Å². The predicted octanol–water partition coefficient (Wildman–Crippen LogP) is 1.55. The van der Waals surface area contributed by atoms with Crippen LogP contribution in [-0.4, -0.2) is 15.9 Å². The lowest BCUT2D eigenvalue weighted by molar-refractivity contribution is 0.428. The number of hydrogen-bond acceptors (Lipinski definition) is 5. The first kappa shape index (κ1) is 13.0. The van der Waals surface area contributed by atoms with Crippen LogP contribution in [0.4, 0.5) is 4.39 Å². The van der Waals surface area contributed by atoms with Gasteiger partial charge in [0.1, 0.15) is 11.7 Å². The van der Waals surface area contributed by atoms with Crippen molar-refractivity contribution in [1.29, 1.82) is 10.7 Å². The van der Waals surface area contributed by atoms with E-state index in [4.69, 9.17) is 10.1 Å². The van der Waals surface area contributed by atoms with Crippen molar-refractivity contribution >= 4 is 5.90 Å². The van der Waals surface area contributed by atoms with Gasteiger partial charge in [-0.15, -0.1) is 0 Å². The van der Waals surface area contributed by atoms with Gasteiger partial charge in [-0.1, -0.05) is 12.1 Å². The van der Waals surface area contributed by atoms with Crippen LogP contribution in [-0.2, 0) is 0 Å². The van der Waals surface area contributed by atoms with E-state index in [1.54, 1.807) is 6.07 Å². The average molecular weight is 284 g/mol. The standard InChI is InChI=1S/C14H9FN4O2/c15-8-3-1-2-7(4-8)10-9(5-16)12(17)21-14-11(10)13(20)18-6-19-14/h1-4,6,9-10,17H,(H,18,19,20). The van der Waals surface area contributed by atoms with Gasteiger partial charge in [0.2, 0.25) is 11.8 Å². The first-order chi connectivity index (χ1) is 10.1. The molecule has 6 nitrogen and oxygen atoms in total. The van der Waals surface area contributed by atoms with Crippen LogP contribution in [0, 0.1) is 28.5 Å². The van der Waals surface area contributed by atoms with Crippen LogP contribution in [0.5, 0.6) is 5.88 Å². The molecule has 7 heteroatoms. The zero-order valence-electron chi connectivity index (χ0n) is 10.6. The molecular formula is C14H9FN4O2. The molecule has 0 bridgehead atoms. The fraction of sp³-hybridized carbons (Fsp3) is 0.143. The number of fused-ring (bicyclic) bond motifs is 1. The van der Waals surface area contributed by atoms with Crippen LogP contribution in [0.3, 0.4) is 0 Å². The fourth-order valence-electron chi connectivity index (χ4n) is 2.43. The number of aromatic nitrogens is 2. The fourth-order valence-corrected chi connectivity index (χ4v) is 2.43. The number of H-pyrrole nitrogens is 1. The number of nitrogens with one attached hydrogen (secondary N) is 2. The molecule has 2 heterocycles. The average Bonchev–Trinajstić information content (AvgIpc) is 2.46. The summed E-state index contributed by atoms with van der Waals surface area (Å²) in [6.07, 6.45) is 1.16. The van der Waals surface area contributed by atoms with Gasteiger partial charge in [0.15, 0.2) is 0 Å². The molecule has 1 aromatic carbocycles. The molecule has 1 aliphatic heterocycles. The third kappa shape index (κ3) is 2.07. The van der Waals surface area contributed by atoms with Crippen LogP contribution in [0.15, 0.2) is 35.4 Å². The Morgan fingerprint density at radius 1 is 1.48 bits per heavy atom. The highest BCUT2D eigenvalue weighted by Gasteiger charge is 2.39. The zero-order valence-corrected chi connectivity index (χ0v) is 10.6. The van der Waals surface area contributed by atoms with Crippen LogP contribution < -0.4 is 10.3 Å². The Morgan fingerprint density at radius 3 is 3.00 bits per heavy atom. The normalized spacial score (nSPS) is 20.3. The number of nitriles is 1. The molecule has 0 aliphatic carbocycles. The van der Waals surface area contributed by atoms with Crippen LogP contribution in [0.25, 0.3) is 0 Å². The summed E-state index contributed by atoms with van der Waals surface area (Å²) in [6.45, 7) is 0. The minimum atomic E-state index is -1.01. The zero-order chi connectivity index (χ0) is 15.0. The third-order valence-electron chi connectivity index (χ3n) is 3.33. The lowest BCUT2D eigenvalue weighted by Crippen LogP contribution is -2.35. The summed E-state index contributed by atoms with van der Waals surface area (Å²) in [5, 5.41) is 17.1. The highest BCUT2D eigenvalue weighted by Crippen LogP contribution is 2.38. The van der Waals surface area contributed by atoms with Crippen molar-refractivity contribution in [3.63, 3.8) is 0 Å². The highest BCUT2D eigenvalue weighted by molar-refractivity contribution is 5.84. The van der Waals surface area contributed by atoms with Gasteiger partial charge < -0.3 is 9.72 Å². The summed E-state index contributed by atoms with van der Waals surface area (Å²) >= 11 is 0. The Kier molecular flexibility index (Phi) is 2.99. The van der Waals surface area contributed by atoms with E-state index in [9.17, 15) is 14.4 Å². The van der Waals surface area contributed by atoms with Gasteiger partial charge in [0.05, 0.1) is 18.0 Å². The summed E-state index contributed by atoms with van der Waals surface area (Å²) in [7, 11) is 0. The van der Waals surface area contributed by atoms with Crippen molar-refractivity contribution in [3.05, 3.63) is 57.9 Å². The van der Waals surface area contributed by atoms with Gasteiger partial charge in [-0.25, -0.2) is 9.37 Å². The van der Waals surface area contributed by atoms with Gasteiger partial charge in [-0.2, -0.15) is 5.26 Å².